The lowest BCUT2D eigenvalue weighted by molar-refractivity contribution is 0.0985. The standard InChI is InChI=1S/C14H11F2NOS/c15-11-6-9-2-1-4-17(13(9)7-12(11)16)14(18)10-3-5-19-8-10/h3,5-8H,1-2,4H2. The van der Waals surface area contributed by atoms with E-state index in [1.165, 1.54) is 22.3 Å². The third-order valence-electron chi connectivity index (χ3n) is 3.25. The van der Waals surface area contributed by atoms with Gasteiger partial charge in [-0.15, -0.1) is 0 Å². The maximum atomic E-state index is 13.4. The highest BCUT2D eigenvalue weighted by Crippen LogP contribution is 2.30. The number of rotatable bonds is 1. The van der Waals surface area contributed by atoms with Gasteiger partial charge in [-0.3, -0.25) is 4.79 Å². The lowest BCUT2D eigenvalue weighted by Crippen LogP contribution is -2.35. The monoisotopic (exact) mass is 279 g/mol. The van der Waals surface area contributed by atoms with Gasteiger partial charge in [0.05, 0.1) is 11.3 Å². The number of carbonyl (C=O) groups excluding carboxylic acids is 1. The number of hydrogen-bond donors (Lipinski definition) is 0. The van der Waals surface area contributed by atoms with Gasteiger partial charge >= 0.3 is 0 Å². The summed E-state index contributed by atoms with van der Waals surface area (Å²) < 4.78 is 26.6. The van der Waals surface area contributed by atoms with Crippen molar-refractivity contribution in [2.24, 2.45) is 0 Å². The first-order chi connectivity index (χ1) is 9.16. The van der Waals surface area contributed by atoms with Crippen LogP contribution in [-0.2, 0) is 6.42 Å². The van der Waals surface area contributed by atoms with Crippen molar-refractivity contribution in [2.45, 2.75) is 12.8 Å². The minimum Gasteiger partial charge on any atom is -0.308 e. The Bertz CT molecular complexity index is 625. The van der Waals surface area contributed by atoms with Crippen LogP contribution in [0.2, 0.25) is 0 Å². The average molecular weight is 279 g/mol. The molecule has 0 N–H and O–H groups in total. The second kappa shape index (κ2) is 4.74. The molecule has 2 aromatic rings. The molecule has 1 aliphatic rings. The van der Waals surface area contributed by atoms with Crippen molar-refractivity contribution >= 4 is 22.9 Å². The van der Waals surface area contributed by atoms with Crippen LogP contribution in [0.4, 0.5) is 14.5 Å². The predicted octanol–water partition coefficient (Wildman–Crippen LogP) is 3.62. The Kier molecular flexibility index (Phi) is 3.06. The molecule has 0 radical (unpaired) electrons. The molecule has 1 aliphatic heterocycles. The molecule has 5 heteroatoms. The molecular formula is C14H11F2NOS. The summed E-state index contributed by atoms with van der Waals surface area (Å²) in [6.07, 6.45) is 1.42. The van der Waals surface area contributed by atoms with Gasteiger partial charge in [0, 0.05) is 18.0 Å². The van der Waals surface area contributed by atoms with Gasteiger partial charge in [0.15, 0.2) is 11.6 Å². The number of anilines is 1. The lowest BCUT2D eigenvalue weighted by Gasteiger charge is -2.29. The predicted molar refractivity (Wildman–Crippen MR) is 70.7 cm³/mol. The van der Waals surface area contributed by atoms with E-state index in [2.05, 4.69) is 0 Å². The van der Waals surface area contributed by atoms with Crippen molar-refractivity contribution in [2.75, 3.05) is 11.4 Å². The topological polar surface area (TPSA) is 20.3 Å². The maximum absolute atomic E-state index is 13.4. The van der Waals surface area contributed by atoms with E-state index in [4.69, 9.17) is 0 Å². The minimum absolute atomic E-state index is 0.159. The zero-order chi connectivity index (χ0) is 13.4. The summed E-state index contributed by atoms with van der Waals surface area (Å²) in [6.45, 7) is 0.534. The number of benzene rings is 1. The maximum Gasteiger partial charge on any atom is 0.259 e. The number of aryl methyl sites for hydroxylation is 1. The van der Waals surface area contributed by atoms with Crippen LogP contribution in [0.15, 0.2) is 29.0 Å². The number of hydrogen-bond acceptors (Lipinski definition) is 2. The van der Waals surface area contributed by atoms with Crippen LogP contribution < -0.4 is 4.90 Å². The summed E-state index contributed by atoms with van der Waals surface area (Å²) in [5, 5.41) is 3.58. The first-order valence-corrected chi connectivity index (χ1v) is 6.93. The molecule has 2 nitrogen and oxygen atoms in total. The highest BCUT2D eigenvalue weighted by atomic mass is 32.1. The van der Waals surface area contributed by atoms with Crippen LogP contribution in [0.3, 0.4) is 0 Å². The lowest BCUT2D eigenvalue weighted by atomic mass is 10.0. The van der Waals surface area contributed by atoms with Crippen LogP contribution in [0.1, 0.15) is 22.3 Å². The van der Waals surface area contributed by atoms with Crippen molar-refractivity contribution in [1.29, 1.82) is 0 Å². The zero-order valence-corrected chi connectivity index (χ0v) is 10.8. The normalized spacial score (nSPS) is 14.3. The third kappa shape index (κ3) is 2.14. The zero-order valence-electron chi connectivity index (χ0n) is 10.0. The summed E-state index contributed by atoms with van der Waals surface area (Å²) in [5.74, 6) is -1.93. The smallest absolute Gasteiger partial charge is 0.259 e. The molecule has 0 spiro atoms. The third-order valence-corrected chi connectivity index (χ3v) is 3.94. The first kappa shape index (κ1) is 12.3. The van der Waals surface area contributed by atoms with Crippen molar-refractivity contribution in [1.82, 2.24) is 0 Å². The summed E-state index contributed by atoms with van der Waals surface area (Å²) in [6, 6.07) is 4.05. The Labute approximate surface area is 113 Å². The molecule has 0 saturated heterocycles. The Balaban J connectivity index is 2.03. The van der Waals surface area contributed by atoms with E-state index in [1.54, 1.807) is 11.4 Å². The second-order valence-electron chi connectivity index (χ2n) is 4.47. The van der Waals surface area contributed by atoms with Gasteiger partial charge in [0.25, 0.3) is 5.91 Å². The van der Waals surface area contributed by atoms with Crippen molar-refractivity contribution < 1.29 is 13.6 Å². The van der Waals surface area contributed by atoms with Gasteiger partial charge in [-0.1, -0.05) is 0 Å². The Morgan fingerprint density at radius 1 is 1.26 bits per heavy atom. The highest BCUT2D eigenvalue weighted by Gasteiger charge is 2.25. The summed E-state index contributed by atoms with van der Waals surface area (Å²) >= 11 is 1.44. The molecule has 0 fully saturated rings. The fourth-order valence-electron chi connectivity index (χ4n) is 2.33. The Morgan fingerprint density at radius 3 is 2.79 bits per heavy atom. The van der Waals surface area contributed by atoms with Gasteiger partial charge in [-0.2, -0.15) is 11.3 Å². The number of fused-ring (bicyclic) bond motifs is 1. The van der Waals surface area contributed by atoms with Gasteiger partial charge in [0.1, 0.15) is 0 Å². The molecule has 3 rings (SSSR count). The van der Waals surface area contributed by atoms with Gasteiger partial charge in [-0.25, -0.2) is 8.78 Å². The van der Waals surface area contributed by atoms with E-state index in [9.17, 15) is 13.6 Å². The van der Waals surface area contributed by atoms with Crippen LogP contribution in [0.5, 0.6) is 0 Å². The van der Waals surface area contributed by atoms with Crippen LogP contribution in [0.25, 0.3) is 0 Å². The summed E-state index contributed by atoms with van der Waals surface area (Å²) in [4.78, 5) is 13.9. The number of amides is 1. The van der Waals surface area contributed by atoms with Crippen molar-refractivity contribution in [3.8, 4) is 0 Å². The summed E-state index contributed by atoms with van der Waals surface area (Å²) in [7, 11) is 0. The van der Waals surface area contributed by atoms with E-state index in [0.29, 0.717) is 29.8 Å². The fourth-order valence-corrected chi connectivity index (χ4v) is 2.96. The van der Waals surface area contributed by atoms with Crippen LogP contribution >= 0.6 is 11.3 Å². The molecule has 1 amide bonds. The molecule has 0 aliphatic carbocycles. The van der Waals surface area contributed by atoms with E-state index in [-0.39, 0.29) is 5.91 Å². The molecule has 2 heterocycles. The van der Waals surface area contributed by atoms with Crippen LogP contribution in [-0.4, -0.2) is 12.5 Å². The number of halogens is 2. The SMILES string of the molecule is O=C(c1ccsc1)N1CCCc2cc(F)c(F)cc21. The Hall–Kier alpha value is -1.75. The molecule has 0 bridgehead atoms. The van der Waals surface area contributed by atoms with Crippen molar-refractivity contribution in [3.05, 3.63) is 51.7 Å². The molecule has 0 saturated carbocycles. The van der Waals surface area contributed by atoms with E-state index < -0.39 is 11.6 Å². The highest BCUT2D eigenvalue weighted by molar-refractivity contribution is 7.08. The first-order valence-electron chi connectivity index (χ1n) is 5.99. The molecular weight excluding hydrogens is 268 g/mol. The largest absolute Gasteiger partial charge is 0.308 e. The molecule has 1 aromatic carbocycles. The molecule has 1 aromatic heterocycles. The Morgan fingerprint density at radius 2 is 2.05 bits per heavy atom. The van der Waals surface area contributed by atoms with E-state index in [0.717, 1.165) is 12.5 Å². The van der Waals surface area contributed by atoms with Crippen molar-refractivity contribution in [3.63, 3.8) is 0 Å². The number of carbonyl (C=O) groups is 1. The van der Waals surface area contributed by atoms with E-state index >= 15 is 0 Å². The van der Waals surface area contributed by atoms with E-state index in [1.807, 2.05) is 5.38 Å². The van der Waals surface area contributed by atoms with Gasteiger partial charge in [0.2, 0.25) is 0 Å². The molecule has 19 heavy (non-hydrogen) atoms. The van der Waals surface area contributed by atoms with Crippen LogP contribution in [0, 0.1) is 11.6 Å². The fraction of sp³-hybridized carbons (Fsp3) is 0.214. The minimum atomic E-state index is -0.913. The molecule has 0 unspecified atom stereocenters. The quantitative estimate of drug-likeness (QED) is 0.780. The molecule has 98 valence electrons. The average Bonchev–Trinajstić information content (AvgIpc) is 2.92. The van der Waals surface area contributed by atoms with Gasteiger partial charge in [-0.05, 0) is 35.9 Å². The second-order valence-corrected chi connectivity index (χ2v) is 5.25. The summed E-state index contributed by atoms with van der Waals surface area (Å²) in [5.41, 5.74) is 1.76. The number of nitrogens with zero attached hydrogens (tertiary/aromatic N) is 1. The van der Waals surface area contributed by atoms with Gasteiger partial charge < -0.3 is 4.90 Å². The molecule has 0 atom stereocenters. The number of thiophene rings is 1.